The third-order valence-corrected chi connectivity index (χ3v) is 5.51. The Labute approximate surface area is 214 Å². The molecule has 0 heterocycles. The number of rotatable bonds is 8. The number of para-hydroxylation sites is 2. The molecule has 0 aliphatic heterocycles. The molecule has 0 bridgehead atoms. The summed E-state index contributed by atoms with van der Waals surface area (Å²) in [6.07, 6.45) is 2.86. The van der Waals surface area contributed by atoms with Crippen molar-refractivity contribution in [3.8, 4) is 11.5 Å². The largest absolute Gasteiger partial charge is 0.493 e. The summed E-state index contributed by atoms with van der Waals surface area (Å²) in [5.41, 5.74) is 2.78. The molecule has 33 heavy (non-hydrogen) atoms. The maximum absolute atomic E-state index is 12.1. The first-order valence-electron chi connectivity index (χ1n) is 11.1. The van der Waals surface area contributed by atoms with Crippen LogP contribution < -0.4 is 20.1 Å². The Kier molecular flexibility index (Phi) is 10.8. The van der Waals surface area contributed by atoms with E-state index in [4.69, 9.17) is 9.47 Å². The van der Waals surface area contributed by atoms with Crippen LogP contribution in [0, 0.1) is 0 Å². The highest BCUT2D eigenvalue weighted by molar-refractivity contribution is 14.0. The molecule has 3 rings (SSSR count). The number of nitrogens with one attached hydrogen (secondary N) is 2. The molecule has 0 radical (unpaired) electrons. The number of fused-ring (bicyclic) bond motifs is 1. The minimum absolute atomic E-state index is 0. The number of guanidine groups is 1. The predicted molar refractivity (Wildman–Crippen MR) is 143 cm³/mol. The lowest BCUT2D eigenvalue weighted by Crippen LogP contribution is -2.48. The minimum atomic E-state index is -0.130. The lowest BCUT2D eigenvalue weighted by atomic mass is 9.88. The zero-order valence-electron chi connectivity index (χ0n) is 19.8. The molecule has 1 aliphatic rings. The third kappa shape index (κ3) is 8.10. The highest BCUT2D eigenvalue weighted by Gasteiger charge is 2.20. The van der Waals surface area contributed by atoms with Crippen LogP contribution in [0.1, 0.15) is 24.5 Å². The van der Waals surface area contributed by atoms with E-state index in [1.165, 1.54) is 11.1 Å². The molecule has 1 amide bonds. The highest BCUT2D eigenvalue weighted by Crippen LogP contribution is 2.26. The van der Waals surface area contributed by atoms with Crippen molar-refractivity contribution in [2.24, 2.45) is 4.99 Å². The molecule has 2 aromatic carbocycles. The average molecular weight is 566 g/mol. The average Bonchev–Trinajstić information content (AvgIpc) is 2.80. The maximum atomic E-state index is 12.1. The number of methoxy groups -OCH3 is 1. The summed E-state index contributed by atoms with van der Waals surface area (Å²) in [6, 6.07) is 16.4. The molecule has 0 aromatic heterocycles. The van der Waals surface area contributed by atoms with Crippen LogP contribution in [0.5, 0.6) is 11.5 Å². The molecule has 8 heteroatoms. The summed E-state index contributed by atoms with van der Waals surface area (Å²) in [4.78, 5) is 18.2. The summed E-state index contributed by atoms with van der Waals surface area (Å²) < 4.78 is 11.4. The Morgan fingerprint density at radius 3 is 2.48 bits per heavy atom. The van der Waals surface area contributed by atoms with Crippen molar-refractivity contribution in [1.82, 2.24) is 15.5 Å². The van der Waals surface area contributed by atoms with Crippen LogP contribution in [0.4, 0.5) is 0 Å². The zero-order valence-corrected chi connectivity index (χ0v) is 22.2. The fourth-order valence-corrected chi connectivity index (χ4v) is 3.67. The third-order valence-electron chi connectivity index (χ3n) is 5.51. The fourth-order valence-electron chi connectivity index (χ4n) is 3.67. The lowest BCUT2D eigenvalue weighted by Gasteiger charge is -2.28. The van der Waals surface area contributed by atoms with Crippen LogP contribution in [0.15, 0.2) is 53.5 Å². The summed E-state index contributed by atoms with van der Waals surface area (Å²) >= 11 is 0. The summed E-state index contributed by atoms with van der Waals surface area (Å²) in [6.45, 7) is 2.61. The number of carbonyl (C=O) groups excluding carboxylic acids is 1. The van der Waals surface area contributed by atoms with Gasteiger partial charge in [-0.25, -0.2) is 4.99 Å². The first-order valence-corrected chi connectivity index (χ1v) is 11.1. The maximum Gasteiger partial charge on any atom is 0.243 e. The van der Waals surface area contributed by atoms with Crippen molar-refractivity contribution in [1.29, 1.82) is 0 Å². The number of likely N-dealkylation sites (N-methyl/N-ethyl adjacent to an activating group) is 1. The van der Waals surface area contributed by atoms with E-state index in [0.717, 1.165) is 19.3 Å². The second-order valence-corrected chi connectivity index (χ2v) is 8.27. The van der Waals surface area contributed by atoms with E-state index < -0.39 is 0 Å². The normalized spacial score (nSPS) is 16.0. The lowest BCUT2D eigenvalue weighted by molar-refractivity contribution is -0.127. The van der Waals surface area contributed by atoms with Crippen molar-refractivity contribution >= 4 is 35.8 Å². The quantitative estimate of drug-likeness (QED) is 0.292. The fraction of sp³-hybridized carbons (Fsp3) is 0.440. The molecule has 2 unspecified atom stereocenters. The Hall–Kier alpha value is -2.49. The van der Waals surface area contributed by atoms with E-state index in [1.54, 1.807) is 26.1 Å². The van der Waals surface area contributed by atoms with Crippen LogP contribution in [0.2, 0.25) is 0 Å². The number of nitrogens with zero attached hydrogens (tertiary/aromatic N) is 2. The molecule has 2 atom stereocenters. The number of ether oxygens (including phenoxy) is 2. The smallest absolute Gasteiger partial charge is 0.243 e. The van der Waals surface area contributed by atoms with Gasteiger partial charge in [0, 0.05) is 20.1 Å². The van der Waals surface area contributed by atoms with Gasteiger partial charge in [-0.05, 0) is 49.4 Å². The predicted octanol–water partition coefficient (Wildman–Crippen LogP) is 3.26. The van der Waals surface area contributed by atoms with Gasteiger partial charge in [0.1, 0.15) is 12.6 Å². The Morgan fingerprint density at radius 1 is 1.12 bits per heavy atom. The van der Waals surface area contributed by atoms with Gasteiger partial charge in [0.2, 0.25) is 5.91 Å². The van der Waals surface area contributed by atoms with E-state index in [-0.39, 0.29) is 48.6 Å². The number of carbonyl (C=O) groups is 1. The van der Waals surface area contributed by atoms with E-state index in [0.29, 0.717) is 24.0 Å². The monoisotopic (exact) mass is 566 g/mol. The molecule has 2 aromatic rings. The van der Waals surface area contributed by atoms with E-state index in [2.05, 4.69) is 39.9 Å². The standard InChI is InChI=1S/C25H34N4O3.HI/c1-18(32-23-12-8-7-11-22(23)31-4)16-26-25(27-17-24(30)29(2)3)28-21-14-13-19-9-5-6-10-20(19)15-21;/h5-12,18,21H,13-17H2,1-4H3,(H2,26,27,28);1H. The van der Waals surface area contributed by atoms with Gasteiger partial charge in [-0.3, -0.25) is 4.79 Å². The molecule has 0 saturated heterocycles. The van der Waals surface area contributed by atoms with Crippen LogP contribution in [-0.2, 0) is 17.6 Å². The van der Waals surface area contributed by atoms with Crippen molar-refractivity contribution in [2.75, 3.05) is 34.3 Å². The first kappa shape index (κ1) is 26.8. The highest BCUT2D eigenvalue weighted by atomic mass is 127. The van der Waals surface area contributed by atoms with Gasteiger partial charge in [-0.2, -0.15) is 0 Å². The molecule has 0 saturated carbocycles. The minimum Gasteiger partial charge on any atom is -0.493 e. The molecule has 7 nitrogen and oxygen atoms in total. The van der Waals surface area contributed by atoms with Crippen LogP contribution in [-0.4, -0.2) is 63.2 Å². The van der Waals surface area contributed by atoms with Gasteiger partial charge >= 0.3 is 0 Å². The topological polar surface area (TPSA) is 75.2 Å². The SMILES string of the molecule is COc1ccccc1OC(C)CNC(=NCC(=O)N(C)C)NC1CCc2ccccc2C1.I. The molecule has 180 valence electrons. The Balaban J connectivity index is 0.00000385. The Bertz CT molecular complexity index is 935. The number of amides is 1. The van der Waals surface area contributed by atoms with Gasteiger partial charge < -0.3 is 25.0 Å². The van der Waals surface area contributed by atoms with E-state index in [1.807, 2.05) is 31.2 Å². The number of aliphatic imine (C=N–C) groups is 1. The molecular weight excluding hydrogens is 531 g/mol. The second kappa shape index (κ2) is 13.3. The summed E-state index contributed by atoms with van der Waals surface area (Å²) in [5, 5.41) is 6.87. The Morgan fingerprint density at radius 2 is 1.79 bits per heavy atom. The number of halogens is 1. The summed E-state index contributed by atoms with van der Waals surface area (Å²) in [7, 11) is 5.10. The number of hydrogen-bond donors (Lipinski definition) is 2. The molecule has 2 N–H and O–H groups in total. The van der Waals surface area contributed by atoms with Crippen molar-refractivity contribution in [3.05, 3.63) is 59.7 Å². The number of aryl methyl sites for hydroxylation is 1. The van der Waals surface area contributed by atoms with E-state index in [9.17, 15) is 4.79 Å². The van der Waals surface area contributed by atoms with Crippen LogP contribution in [0.3, 0.4) is 0 Å². The van der Waals surface area contributed by atoms with Gasteiger partial charge in [0.25, 0.3) is 0 Å². The van der Waals surface area contributed by atoms with Gasteiger partial charge in [0.05, 0.1) is 13.7 Å². The van der Waals surface area contributed by atoms with Gasteiger partial charge in [0.15, 0.2) is 17.5 Å². The van der Waals surface area contributed by atoms with Crippen molar-refractivity contribution < 1.29 is 14.3 Å². The summed E-state index contributed by atoms with van der Waals surface area (Å²) in [5.74, 6) is 1.98. The zero-order chi connectivity index (χ0) is 22.9. The molecule has 0 fully saturated rings. The number of hydrogen-bond acceptors (Lipinski definition) is 4. The first-order chi connectivity index (χ1) is 15.5. The van der Waals surface area contributed by atoms with Crippen molar-refractivity contribution in [2.45, 2.75) is 38.3 Å². The second-order valence-electron chi connectivity index (χ2n) is 8.27. The van der Waals surface area contributed by atoms with Crippen molar-refractivity contribution in [3.63, 3.8) is 0 Å². The van der Waals surface area contributed by atoms with Gasteiger partial charge in [-0.1, -0.05) is 36.4 Å². The van der Waals surface area contributed by atoms with E-state index >= 15 is 0 Å². The van der Waals surface area contributed by atoms with Gasteiger partial charge in [-0.15, -0.1) is 24.0 Å². The molecular formula is C25H35IN4O3. The number of benzene rings is 2. The van der Waals surface area contributed by atoms with Crippen LogP contribution >= 0.6 is 24.0 Å². The molecule has 1 aliphatic carbocycles. The van der Waals surface area contributed by atoms with Crippen LogP contribution in [0.25, 0.3) is 0 Å². The molecule has 0 spiro atoms.